The van der Waals surface area contributed by atoms with Gasteiger partial charge in [-0.2, -0.15) is 0 Å². The zero-order chi connectivity index (χ0) is 14.7. The second-order valence-electron chi connectivity index (χ2n) is 4.88. The van der Waals surface area contributed by atoms with Crippen molar-refractivity contribution in [3.63, 3.8) is 0 Å². The highest BCUT2D eigenvalue weighted by Crippen LogP contribution is 2.39. The Morgan fingerprint density at radius 2 is 2.10 bits per heavy atom. The molecule has 0 saturated carbocycles. The van der Waals surface area contributed by atoms with E-state index in [1.807, 2.05) is 12.2 Å². The number of aliphatic hydroxyl groups is 1. The first-order valence-corrected chi connectivity index (χ1v) is 7.23. The van der Waals surface area contributed by atoms with Crippen LogP contribution in [0.15, 0.2) is 34.8 Å². The lowest BCUT2D eigenvalue weighted by Gasteiger charge is -2.30. The number of hydrogen-bond acceptors (Lipinski definition) is 3. The molecule has 1 aliphatic carbocycles. The zero-order valence-electron chi connectivity index (χ0n) is 11.1. The molecule has 0 spiro atoms. The van der Waals surface area contributed by atoms with Crippen molar-refractivity contribution in [2.75, 3.05) is 7.11 Å². The van der Waals surface area contributed by atoms with Gasteiger partial charge in [0.25, 0.3) is 0 Å². The lowest BCUT2D eigenvalue weighted by molar-refractivity contribution is -0.145. The van der Waals surface area contributed by atoms with Gasteiger partial charge in [-0.1, -0.05) is 34.1 Å². The first-order chi connectivity index (χ1) is 9.54. The van der Waals surface area contributed by atoms with Crippen LogP contribution in [0.4, 0.5) is 0 Å². The van der Waals surface area contributed by atoms with Gasteiger partial charge in [0.05, 0.1) is 19.1 Å². The SMILES string of the molecule is COc1ccc(C(O)C2CC=CCC2C(=O)O)c(Br)c1. The van der Waals surface area contributed by atoms with Crippen LogP contribution in [-0.4, -0.2) is 23.3 Å². The van der Waals surface area contributed by atoms with Crippen LogP contribution < -0.4 is 4.74 Å². The number of methoxy groups -OCH3 is 1. The van der Waals surface area contributed by atoms with Gasteiger partial charge in [0.15, 0.2) is 0 Å². The fraction of sp³-hybridized carbons (Fsp3) is 0.400. The smallest absolute Gasteiger partial charge is 0.307 e. The third-order valence-corrected chi connectivity index (χ3v) is 4.42. The molecular formula is C15H17BrO4. The molecule has 1 aliphatic rings. The Morgan fingerprint density at radius 1 is 1.40 bits per heavy atom. The molecular weight excluding hydrogens is 324 g/mol. The summed E-state index contributed by atoms with van der Waals surface area (Å²) in [6.45, 7) is 0. The van der Waals surface area contributed by atoms with Crippen LogP contribution in [0.1, 0.15) is 24.5 Å². The highest BCUT2D eigenvalue weighted by molar-refractivity contribution is 9.10. The van der Waals surface area contributed by atoms with Crippen molar-refractivity contribution in [2.45, 2.75) is 18.9 Å². The molecule has 0 radical (unpaired) electrons. The highest BCUT2D eigenvalue weighted by Gasteiger charge is 2.35. The van der Waals surface area contributed by atoms with E-state index in [0.717, 1.165) is 4.47 Å². The van der Waals surface area contributed by atoms with Crippen LogP contribution in [0.2, 0.25) is 0 Å². The minimum absolute atomic E-state index is 0.317. The quantitative estimate of drug-likeness (QED) is 0.826. The van der Waals surface area contributed by atoms with Gasteiger partial charge in [-0.15, -0.1) is 0 Å². The maximum atomic E-state index is 11.3. The number of aliphatic carboxylic acids is 1. The minimum Gasteiger partial charge on any atom is -0.497 e. The van der Waals surface area contributed by atoms with E-state index in [-0.39, 0.29) is 5.92 Å². The molecule has 108 valence electrons. The normalized spacial score (nSPS) is 23.4. The van der Waals surface area contributed by atoms with E-state index in [1.165, 1.54) is 0 Å². The molecule has 0 amide bonds. The molecule has 20 heavy (non-hydrogen) atoms. The van der Waals surface area contributed by atoms with E-state index >= 15 is 0 Å². The lowest BCUT2D eigenvalue weighted by Crippen LogP contribution is -2.29. The van der Waals surface area contributed by atoms with Crippen LogP contribution in [0.3, 0.4) is 0 Å². The Kier molecular flexibility index (Phi) is 4.83. The molecule has 0 aromatic heterocycles. The second-order valence-corrected chi connectivity index (χ2v) is 5.74. The van der Waals surface area contributed by atoms with Crippen molar-refractivity contribution < 1.29 is 19.7 Å². The predicted octanol–water partition coefficient (Wildman–Crippen LogP) is 3.16. The van der Waals surface area contributed by atoms with E-state index in [2.05, 4.69) is 15.9 Å². The number of carboxylic acids is 1. The van der Waals surface area contributed by atoms with E-state index < -0.39 is 18.0 Å². The van der Waals surface area contributed by atoms with Crippen LogP contribution in [0, 0.1) is 11.8 Å². The highest BCUT2D eigenvalue weighted by atomic mass is 79.9. The van der Waals surface area contributed by atoms with Gasteiger partial charge >= 0.3 is 5.97 Å². The van der Waals surface area contributed by atoms with E-state index in [9.17, 15) is 15.0 Å². The summed E-state index contributed by atoms with van der Waals surface area (Å²) >= 11 is 3.41. The molecule has 3 unspecified atom stereocenters. The van der Waals surface area contributed by atoms with Gasteiger partial charge in [0.1, 0.15) is 5.75 Å². The number of aliphatic hydroxyl groups excluding tert-OH is 1. The van der Waals surface area contributed by atoms with Crippen LogP contribution in [0.5, 0.6) is 5.75 Å². The Hall–Kier alpha value is -1.33. The van der Waals surface area contributed by atoms with E-state index in [0.29, 0.717) is 24.2 Å². The minimum atomic E-state index is -0.858. The first-order valence-electron chi connectivity index (χ1n) is 6.44. The summed E-state index contributed by atoms with van der Waals surface area (Å²) in [4.78, 5) is 11.3. The summed E-state index contributed by atoms with van der Waals surface area (Å²) in [7, 11) is 1.57. The van der Waals surface area contributed by atoms with Gasteiger partial charge in [-0.25, -0.2) is 0 Å². The summed E-state index contributed by atoms with van der Waals surface area (Å²) in [6.07, 6.45) is 4.01. The van der Waals surface area contributed by atoms with Crippen LogP contribution in [-0.2, 0) is 4.79 Å². The van der Waals surface area contributed by atoms with Crippen molar-refractivity contribution in [3.05, 3.63) is 40.4 Å². The Balaban J connectivity index is 2.27. The number of ether oxygens (including phenoxy) is 1. The van der Waals surface area contributed by atoms with Crippen molar-refractivity contribution in [2.24, 2.45) is 11.8 Å². The maximum Gasteiger partial charge on any atom is 0.307 e. The van der Waals surface area contributed by atoms with E-state index in [1.54, 1.807) is 25.3 Å². The lowest BCUT2D eigenvalue weighted by atomic mass is 9.77. The average molecular weight is 341 g/mol. The largest absolute Gasteiger partial charge is 0.497 e. The molecule has 0 bridgehead atoms. The van der Waals surface area contributed by atoms with Gasteiger partial charge in [0, 0.05) is 10.4 Å². The summed E-state index contributed by atoms with van der Waals surface area (Å²) in [5, 5.41) is 19.8. The average Bonchev–Trinajstić information content (AvgIpc) is 2.46. The second kappa shape index (κ2) is 6.41. The predicted molar refractivity (Wildman–Crippen MR) is 78.6 cm³/mol. The molecule has 5 heteroatoms. The number of halogens is 1. The Morgan fingerprint density at radius 3 is 2.70 bits per heavy atom. The summed E-state index contributed by atoms with van der Waals surface area (Å²) in [5.41, 5.74) is 0.692. The molecule has 0 saturated heterocycles. The van der Waals surface area contributed by atoms with Gasteiger partial charge in [-0.3, -0.25) is 4.79 Å². The van der Waals surface area contributed by atoms with Gasteiger partial charge < -0.3 is 14.9 Å². The monoisotopic (exact) mass is 340 g/mol. The molecule has 0 heterocycles. The molecule has 2 rings (SSSR count). The van der Waals surface area contributed by atoms with Gasteiger partial charge in [-0.05, 0) is 30.5 Å². The van der Waals surface area contributed by atoms with E-state index in [4.69, 9.17) is 4.74 Å². The number of hydrogen-bond donors (Lipinski definition) is 2. The Bertz CT molecular complexity index is 527. The number of carboxylic acid groups (broad SMARTS) is 1. The molecule has 3 atom stereocenters. The topological polar surface area (TPSA) is 66.8 Å². The fourth-order valence-corrected chi connectivity index (χ4v) is 3.17. The van der Waals surface area contributed by atoms with Gasteiger partial charge in [0.2, 0.25) is 0 Å². The zero-order valence-corrected chi connectivity index (χ0v) is 12.7. The standard InChI is InChI=1S/C15H17BrO4/c1-20-9-6-7-12(13(16)8-9)14(17)10-4-2-3-5-11(10)15(18)19/h2-3,6-8,10-11,14,17H,4-5H2,1H3,(H,18,19). The third-order valence-electron chi connectivity index (χ3n) is 3.73. The van der Waals surface area contributed by atoms with Crippen molar-refractivity contribution >= 4 is 21.9 Å². The number of rotatable bonds is 4. The number of benzene rings is 1. The summed E-state index contributed by atoms with van der Waals surface area (Å²) < 4.78 is 5.84. The fourth-order valence-electron chi connectivity index (χ4n) is 2.57. The number of carbonyl (C=O) groups is 1. The summed E-state index contributed by atoms with van der Waals surface area (Å²) in [5.74, 6) is -1.04. The molecule has 1 aromatic rings. The maximum absolute atomic E-state index is 11.3. The molecule has 1 aromatic carbocycles. The number of allylic oxidation sites excluding steroid dienone is 2. The van der Waals surface area contributed by atoms with Crippen molar-refractivity contribution in [1.29, 1.82) is 0 Å². The van der Waals surface area contributed by atoms with Crippen molar-refractivity contribution in [1.82, 2.24) is 0 Å². The molecule has 0 aliphatic heterocycles. The van der Waals surface area contributed by atoms with Crippen LogP contribution in [0.25, 0.3) is 0 Å². The molecule has 4 nitrogen and oxygen atoms in total. The first kappa shape index (κ1) is 15.1. The molecule has 0 fully saturated rings. The Labute approximate surface area is 126 Å². The molecule has 2 N–H and O–H groups in total. The van der Waals surface area contributed by atoms with Crippen molar-refractivity contribution in [3.8, 4) is 5.75 Å². The third kappa shape index (κ3) is 3.04. The van der Waals surface area contributed by atoms with Crippen LogP contribution >= 0.6 is 15.9 Å². The summed E-state index contributed by atoms with van der Waals surface area (Å²) in [6, 6.07) is 5.30.